The molecule has 1 heterocycles. The second-order valence-corrected chi connectivity index (χ2v) is 6.98. The normalized spacial score (nSPS) is 12.6. The summed E-state index contributed by atoms with van der Waals surface area (Å²) in [5.41, 5.74) is 0.883. The molecule has 0 saturated carbocycles. The lowest BCUT2D eigenvalue weighted by atomic mass is 9.94. The highest BCUT2D eigenvalue weighted by Gasteiger charge is 2.32. The molecule has 1 aliphatic heterocycles. The molecular weight excluding hydrogens is 404 g/mol. The Morgan fingerprint density at radius 1 is 0.871 bits per heavy atom. The van der Waals surface area contributed by atoms with E-state index >= 15 is 0 Å². The third-order valence-electron chi connectivity index (χ3n) is 5.08. The van der Waals surface area contributed by atoms with Gasteiger partial charge in [0.05, 0.1) is 14.2 Å². The summed E-state index contributed by atoms with van der Waals surface area (Å²) in [6, 6.07) is 10.5. The molecule has 0 fully saturated rings. The Bertz CT molecular complexity index is 994. The quantitative estimate of drug-likeness (QED) is 0.463. The fourth-order valence-corrected chi connectivity index (χ4v) is 3.50. The standard InChI is InChI=1S/C22H22N2O7/c1-30-18(26)12-23(13-19(27)31-2)17(25)10-5-11-24-21(28)15-8-3-6-14-7-4-9-16(20(14)15)22(24)29/h3-4,6-9H,5,10-13H2,1-2H3. The number of esters is 2. The van der Waals surface area contributed by atoms with Gasteiger partial charge in [-0.1, -0.05) is 24.3 Å². The maximum absolute atomic E-state index is 12.9. The fraction of sp³-hybridized carbons (Fsp3) is 0.318. The van der Waals surface area contributed by atoms with Gasteiger partial charge in [-0.05, 0) is 23.9 Å². The van der Waals surface area contributed by atoms with Crippen LogP contribution >= 0.6 is 0 Å². The Labute approximate surface area is 178 Å². The zero-order valence-electron chi connectivity index (χ0n) is 17.3. The minimum absolute atomic E-state index is 0.0262. The summed E-state index contributed by atoms with van der Waals surface area (Å²) >= 11 is 0. The van der Waals surface area contributed by atoms with E-state index in [1.807, 2.05) is 12.1 Å². The summed E-state index contributed by atoms with van der Waals surface area (Å²) in [6.45, 7) is -0.777. The summed E-state index contributed by atoms with van der Waals surface area (Å²) in [5, 5.41) is 1.45. The molecule has 3 amide bonds. The van der Waals surface area contributed by atoms with Crippen LogP contribution < -0.4 is 0 Å². The van der Waals surface area contributed by atoms with Crippen molar-refractivity contribution in [3.8, 4) is 0 Å². The average Bonchev–Trinajstić information content (AvgIpc) is 2.78. The molecule has 0 bridgehead atoms. The Kier molecular flexibility index (Phi) is 6.64. The first kappa shape index (κ1) is 21.9. The maximum Gasteiger partial charge on any atom is 0.325 e. The molecule has 9 nitrogen and oxygen atoms in total. The molecule has 0 radical (unpaired) electrons. The molecule has 0 spiro atoms. The first-order chi connectivity index (χ1) is 14.9. The molecule has 2 aromatic rings. The maximum atomic E-state index is 12.9. The number of ether oxygens (including phenoxy) is 2. The minimum Gasteiger partial charge on any atom is -0.468 e. The lowest BCUT2D eigenvalue weighted by Crippen LogP contribution is -2.42. The van der Waals surface area contributed by atoms with Crippen LogP contribution in [0, 0.1) is 0 Å². The summed E-state index contributed by atoms with van der Waals surface area (Å²) in [5.74, 6) is -2.67. The SMILES string of the molecule is COC(=O)CN(CC(=O)OC)C(=O)CCCN1C(=O)c2cccc3cccc(c23)C1=O. The molecule has 162 valence electrons. The van der Waals surface area contributed by atoms with Crippen LogP contribution in [-0.2, 0) is 23.9 Å². The van der Waals surface area contributed by atoms with Crippen molar-refractivity contribution < 1.29 is 33.4 Å². The summed E-state index contributed by atoms with van der Waals surface area (Å²) < 4.78 is 9.10. The van der Waals surface area contributed by atoms with Crippen molar-refractivity contribution in [1.29, 1.82) is 0 Å². The smallest absolute Gasteiger partial charge is 0.325 e. The van der Waals surface area contributed by atoms with E-state index in [-0.39, 0.29) is 19.4 Å². The van der Waals surface area contributed by atoms with Gasteiger partial charge in [0.2, 0.25) is 5.91 Å². The highest BCUT2D eigenvalue weighted by Crippen LogP contribution is 2.30. The van der Waals surface area contributed by atoms with E-state index in [9.17, 15) is 24.0 Å². The van der Waals surface area contributed by atoms with Gasteiger partial charge in [0.25, 0.3) is 11.8 Å². The largest absolute Gasteiger partial charge is 0.468 e. The van der Waals surface area contributed by atoms with Gasteiger partial charge >= 0.3 is 11.9 Å². The van der Waals surface area contributed by atoms with E-state index in [0.29, 0.717) is 16.5 Å². The third kappa shape index (κ3) is 4.55. The number of benzene rings is 2. The lowest BCUT2D eigenvalue weighted by molar-refractivity contribution is -0.152. The zero-order chi connectivity index (χ0) is 22.5. The number of carbonyl (C=O) groups excluding carboxylic acids is 5. The van der Waals surface area contributed by atoms with Crippen LogP contribution in [0.15, 0.2) is 36.4 Å². The molecule has 0 atom stereocenters. The molecule has 9 heteroatoms. The number of imide groups is 1. The van der Waals surface area contributed by atoms with E-state index in [1.165, 1.54) is 14.2 Å². The molecule has 2 aromatic carbocycles. The van der Waals surface area contributed by atoms with E-state index in [4.69, 9.17) is 0 Å². The molecule has 0 saturated heterocycles. The number of hydrogen-bond acceptors (Lipinski definition) is 7. The predicted octanol–water partition coefficient (Wildman–Crippen LogP) is 1.39. The Balaban J connectivity index is 1.68. The van der Waals surface area contributed by atoms with Crippen LogP contribution in [0.4, 0.5) is 0 Å². The number of methoxy groups -OCH3 is 2. The number of hydrogen-bond donors (Lipinski definition) is 0. The fourth-order valence-electron chi connectivity index (χ4n) is 3.50. The Morgan fingerprint density at radius 2 is 1.39 bits per heavy atom. The molecule has 0 N–H and O–H groups in total. The predicted molar refractivity (Wildman–Crippen MR) is 109 cm³/mol. The van der Waals surface area contributed by atoms with Gasteiger partial charge in [-0.3, -0.25) is 28.9 Å². The summed E-state index contributed by atoms with van der Waals surface area (Å²) in [4.78, 5) is 63.5. The van der Waals surface area contributed by atoms with Crippen molar-refractivity contribution >= 4 is 40.4 Å². The van der Waals surface area contributed by atoms with Crippen molar-refractivity contribution in [3.05, 3.63) is 47.5 Å². The van der Waals surface area contributed by atoms with Crippen molar-refractivity contribution in [3.63, 3.8) is 0 Å². The Hall–Kier alpha value is -3.75. The van der Waals surface area contributed by atoms with E-state index < -0.39 is 42.7 Å². The number of rotatable bonds is 8. The molecular formula is C22H22N2O7. The number of amides is 3. The van der Waals surface area contributed by atoms with Gasteiger partial charge in [0.1, 0.15) is 13.1 Å². The van der Waals surface area contributed by atoms with E-state index in [0.717, 1.165) is 15.2 Å². The second-order valence-electron chi connectivity index (χ2n) is 6.98. The molecule has 0 aliphatic carbocycles. The van der Waals surface area contributed by atoms with E-state index in [1.54, 1.807) is 24.3 Å². The molecule has 3 rings (SSSR count). The minimum atomic E-state index is -0.677. The van der Waals surface area contributed by atoms with Crippen molar-refractivity contribution in [2.45, 2.75) is 12.8 Å². The lowest BCUT2D eigenvalue weighted by Gasteiger charge is -2.27. The van der Waals surface area contributed by atoms with Crippen LogP contribution in [0.2, 0.25) is 0 Å². The molecule has 1 aliphatic rings. The van der Waals surface area contributed by atoms with Crippen LogP contribution in [0.25, 0.3) is 10.8 Å². The van der Waals surface area contributed by atoms with Crippen LogP contribution in [0.3, 0.4) is 0 Å². The van der Waals surface area contributed by atoms with Gasteiger partial charge in [-0.25, -0.2) is 0 Å². The van der Waals surface area contributed by atoms with Gasteiger partial charge in [0.15, 0.2) is 0 Å². The topological polar surface area (TPSA) is 110 Å². The average molecular weight is 426 g/mol. The van der Waals surface area contributed by atoms with E-state index in [2.05, 4.69) is 9.47 Å². The second kappa shape index (κ2) is 9.38. The number of nitrogens with zero attached hydrogens (tertiary/aromatic N) is 2. The highest BCUT2D eigenvalue weighted by atomic mass is 16.5. The van der Waals surface area contributed by atoms with Gasteiger partial charge < -0.3 is 14.4 Å². The molecule has 31 heavy (non-hydrogen) atoms. The van der Waals surface area contributed by atoms with Crippen LogP contribution in [-0.4, -0.2) is 73.3 Å². The Morgan fingerprint density at radius 3 is 1.87 bits per heavy atom. The monoisotopic (exact) mass is 426 g/mol. The molecule has 0 aromatic heterocycles. The summed E-state index contributed by atoms with van der Waals surface area (Å²) in [7, 11) is 2.35. The zero-order valence-corrected chi connectivity index (χ0v) is 17.3. The molecule has 0 unspecified atom stereocenters. The first-order valence-corrected chi connectivity index (χ1v) is 9.66. The van der Waals surface area contributed by atoms with Crippen LogP contribution in [0.1, 0.15) is 33.6 Å². The van der Waals surface area contributed by atoms with Crippen molar-refractivity contribution in [2.24, 2.45) is 0 Å². The number of carbonyl (C=O) groups is 5. The van der Waals surface area contributed by atoms with Gasteiger partial charge in [-0.15, -0.1) is 0 Å². The van der Waals surface area contributed by atoms with Crippen molar-refractivity contribution in [1.82, 2.24) is 9.80 Å². The van der Waals surface area contributed by atoms with Crippen LogP contribution in [0.5, 0.6) is 0 Å². The van der Waals surface area contributed by atoms with Gasteiger partial charge in [0, 0.05) is 29.5 Å². The summed E-state index contributed by atoms with van der Waals surface area (Å²) in [6.07, 6.45) is 0.101. The third-order valence-corrected chi connectivity index (χ3v) is 5.08. The first-order valence-electron chi connectivity index (χ1n) is 9.66. The van der Waals surface area contributed by atoms with Gasteiger partial charge in [-0.2, -0.15) is 0 Å². The highest BCUT2D eigenvalue weighted by molar-refractivity contribution is 6.25. The van der Waals surface area contributed by atoms with Crippen molar-refractivity contribution in [2.75, 3.05) is 33.9 Å².